The van der Waals surface area contributed by atoms with Crippen LogP contribution in [0.1, 0.15) is 44.2 Å². The number of aryl methyl sites for hydroxylation is 1. The van der Waals surface area contributed by atoms with Crippen molar-refractivity contribution in [3.8, 4) is 0 Å². The van der Waals surface area contributed by atoms with E-state index in [0.717, 1.165) is 45.3 Å². The number of alkyl halides is 3. The Balaban J connectivity index is 1.67. The zero-order chi connectivity index (χ0) is 19.8. The van der Waals surface area contributed by atoms with Gasteiger partial charge in [-0.2, -0.15) is 13.2 Å². The molecule has 7 heteroatoms. The number of imidazole rings is 1. The molecule has 1 aliphatic heterocycles. The fourth-order valence-electron chi connectivity index (χ4n) is 4.42. The van der Waals surface area contributed by atoms with Crippen molar-refractivity contribution in [2.45, 2.75) is 58.3 Å². The van der Waals surface area contributed by atoms with Gasteiger partial charge in [0.25, 0.3) is 0 Å². The second kappa shape index (κ2) is 7.95. The van der Waals surface area contributed by atoms with Crippen LogP contribution in [0.5, 0.6) is 0 Å². The molecule has 2 heterocycles. The number of halogens is 3. The highest BCUT2D eigenvalue weighted by molar-refractivity contribution is 5.14. The molecule has 152 valence electrons. The summed E-state index contributed by atoms with van der Waals surface area (Å²) in [6, 6.07) is 0.972. The molecule has 1 saturated carbocycles. The van der Waals surface area contributed by atoms with Gasteiger partial charge in [0.05, 0.1) is 5.69 Å². The Kier molecular flexibility index (Phi) is 6.01. The molecule has 27 heavy (non-hydrogen) atoms. The Hall–Kier alpha value is -1.34. The van der Waals surface area contributed by atoms with Gasteiger partial charge in [-0.25, -0.2) is 4.98 Å². The second-order valence-corrected chi connectivity index (χ2v) is 8.28. The minimum atomic E-state index is -4.26. The van der Waals surface area contributed by atoms with E-state index in [4.69, 9.17) is 0 Å². The maximum absolute atomic E-state index is 12.7. The van der Waals surface area contributed by atoms with Gasteiger partial charge in [-0.1, -0.05) is 13.0 Å². The highest BCUT2D eigenvalue weighted by atomic mass is 19.4. The van der Waals surface area contributed by atoms with Crippen LogP contribution in [0.2, 0.25) is 0 Å². The number of piperazine rings is 1. The molecule has 2 aliphatic rings. The molecule has 0 radical (unpaired) electrons. The number of aromatic nitrogens is 2. The molecule has 1 aromatic heterocycles. The van der Waals surface area contributed by atoms with Gasteiger partial charge in [0.2, 0.25) is 0 Å². The lowest BCUT2D eigenvalue weighted by molar-refractivity contribution is -0.0915. The van der Waals surface area contributed by atoms with Crippen molar-refractivity contribution in [1.82, 2.24) is 19.4 Å². The van der Waals surface area contributed by atoms with Gasteiger partial charge in [-0.15, -0.1) is 0 Å². The third-order valence-electron chi connectivity index (χ3n) is 6.26. The normalized spacial score (nSPS) is 28.9. The van der Waals surface area contributed by atoms with E-state index < -0.39 is 11.7 Å². The summed E-state index contributed by atoms with van der Waals surface area (Å²) in [4.78, 5) is 9.50. The molecule has 0 spiro atoms. The molecule has 0 N–H and O–H groups in total. The first-order valence-corrected chi connectivity index (χ1v) is 9.86. The Morgan fingerprint density at radius 1 is 1.22 bits per heavy atom. The number of hydrogen-bond donors (Lipinski definition) is 0. The molecule has 3 rings (SSSR count). The number of likely N-dealkylation sites (N-methyl/N-ethyl adjacent to an activating group) is 1. The second-order valence-electron chi connectivity index (χ2n) is 8.28. The number of hydrogen-bond acceptors (Lipinski definition) is 3. The largest absolute Gasteiger partial charge is 0.412 e. The number of rotatable bonds is 4. The molecule has 1 saturated heterocycles. The van der Waals surface area contributed by atoms with Crippen LogP contribution < -0.4 is 0 Å². The van der Waals surface area contributed by atoms with E-state index in [0.29, 0.717) is 23.7 Å². The average Bonchev–Trinajstić information content (AvgIpc) is 3.15. The first-order valence-electron chi connectivity index (χ1n) is 9.86. The Morgan fingerprint density at radius 3 is 2.52 bits per heavy atom. The summed E-state index contributed by atoms with van der Waals surface area (Å²) in [5.41, 5.74) is 0.158. The van der Waals surface area contributed by atoms with Crippen molar-refractivity contribution in [3.63, 3.8) is 0 Å². The lowest BCUT2D eigenvalue weighted by Gasteiger charge is -2.36. The highest BCUT2D eigenvalue weighted by Gasteiger charge is 2.37. The van der Waals surface area contributed by atoms with E-state index in [9.17, 15) is 13.2 Å². The molecule has 2 fully saturated rings. The maximum atomic E-state index is 12.7. The first kappa shape index (κ1) is 20.4. The van der Waals surface area contributed by atoms with Crippen molar-refractivity contribution < 1.29 is 13.2 Å². The summed E-state index contributed by atoms with van der Waals surface area (Å²) in [7, 11) is 2.17. The Bertz CT molecular complexity index is 671. The van der Waals surface area contributed by atoms with Gasteiger partial charge in [-0.05, 0) is 39.7 Å². The van der Waals surface area contributed by atoms with Gasteiger partial charge in [0.15, 0.2) is 0 Å². The van der Waals surface area contributed by atoms with Gasteiger partial charge in [-0.3, -0.25) is 4.90 Å². The van der Waals surface area contributed by atoms with E-state index in [1.54, 1.807) is 0 Å². The van der Waals surface area contributed by atoms with Gasteiger partial charge >= 0.3 is 6.18 Å². The van der Waals surface area contributed by atoms with E-state index in [1.807, 2.05) is 13.1 Å². The zero-order valence-electron chi connectivity index (χ0n) is 16.8. The van der Waals surface area contributed by atoms with Crippen molar-refractivity contribution in [2.24, 2.45) is 5.92 Å². The minimum absolute atomic E-state index is 0.224. The predicted octanol–water partition coefficient (Wildman–Crippen LogP) is 3.83. The molecule has 3 atom stereocenters. The van der Waals surface area contributed by atoms with Gasteiger partial charge in [0, 0.05) is 56.5 Å². The van der Waals surface area contributed by atoms with Crippen molar-refractivity contribution in [3.05, 3.63) is 29.4 Å². The Morgan fingerprint density at radius 2 is 1.89 bits per heavy atom. The highest BCUT2D eigenvalue weighted by Crippen LogP contribution is 2.39. The zero-order valence-corrected chi connectivity index (χ0v) is 16.8. The summed E-state index contributed by atoms with van der Waals surface area (Å²) in [6.45, 7) is 9.84. The van der Waals surface area contributed by atoms with Crippen LogP contribution >= 0.6 is 0 Å². The van der Waals surface area contributed by atoms with Crippen LogP contribution in [0.4, 0.5) is 13.2 Å². The SMILES string of the molecule is C/C(=C\Cc1cn([C@@H]2CC(N3CCN(C)CC3)CC2C)c(C)n1)C(F)(F)F. The smallest absolute Gasteiger partial charge is 0.331 e. The first-order chi connectivity index (χ1) is 12.6. The summed E-state index contributed by atoms with van der Waals surface area (Å²) >= 11 is 0. The molecule has 4 nitrogen and oxygen atoms in total. The molecule has 0 bridgehead atoms. The predicted molar refractivity (Wildman–Crippen MR) is 101 cm³/mol. The molecule has 1 aliphatic carbocycles. The fourth-order valence-corrected chi connectivity index (χ4v) is 4.42. The topological polar surface area (TPSA) is 24.3 Å². The molecular weight excluding hydrogens is 353 g/mol. The molecule has 0 amide bonds. The third kappa shape index (κ3) is 4.74. The van der Waals surface area contributed by atoms with Crippen molar-refractivity contribution in [1.29, 1.82) is 0 Å². The van der Waals surface area contributed by atoms with Crippen LogP contribution in [0.3, 0.4) is 0 Å². The summed E-state index contributed by atoms with van der Waals surface area (Å²) in [5.74, 6) is 1.45. The lowest BCUT2D eigenvalue weighted by Crippen LogP contribution is -2.48. The standard InChI is InChI=1S/C20H31F3N4/c1-14-11-18(26-9-7-25(4)8-10-26)12-19(14)27-13-17(24-16(27)3)6-5-15(2)20(21,22)23/h5,13-14,18-19H,6-12H2,1-4H3/b15-5+/t14?,18?,19-/m1/s1. The third-order valence-corrected chi connectivity index (χ3v) is 6.26. The van der Waals surface area contributed by atoms with Crippen LogP contribution in [0.15, 0.2) is 17.8 Å². The minimum Gasteiger partial charge on any atom is -0.331 e. The molecule has 1 aromatic rings. The quantitative estimate of drug-likeness (QED) is 0.738. The van der Waals surface area contributed by atoms with Crippen LogP contribution in [-0.4, -0.2) is 64.8 Å². The molecule has 0 aromatic carbocycles. The van der Waals surface area contributed by atoms with E-state index in [2.05, 4.69) is 33.3 Å². The van der Waals surface area contributed by atoms with Gasteiger partial charge in [0.1, 0.15) is 5.82 Å². The molecular formula is C20H31F3N4. The van der Waals surface area contributed by atoms with Gasteiger partial charge < -0.3 is 9.47 Å². The summed E-state index contributed by atoms with van der Waals surface area (Å²) in [5, 5.41) is 0. The monoisotopic (exact) mass is 384 g/mol. The summed E-state index contributed by atoms with van der Waals surface area (Å²) < 4.78 is 40.2. The lowest BCUT2D eigenvalue weighted by atomic mass is 10.1. The van der Waals surface area contributed by atoms with E-state index in [-0.39, 0.29) is 6.42 Å². The van der Waals surface area contributed by atoms with Crippen LogP contribution in [-0.2, 0) is 6.42 Å². The molecule has 2 unspecified atom stereocenters. The van der Waals surface area contributed by atoms with E-state index in [1.165, 1.54) is 12.5 Å². The average molecular weight is 384 g/mol. The van der Waals surface area contributed by atoms with Crippen LogP contribution in [0, 0.1) is 12.8 Å². The number of allylic oxidation sites excluding steroid dienone is 2. The van der Waals surface area contributed by atoms with Crippen molar-refractivity contribution in [2.75, 3.05) is 33.2 Å². The number of nitrogens with zero attached hydrogens (tertiary/aromatic N) is 4. The Labute approximate surface area is 160 Å². The fraction of sp³-hybridized carbons (Fsp3) is 0.750. The summed E-state index contributed by atoms with van der Waals surface area (Å²) in [6.07, 6.45) is 1.43. The maximum Gasteiger partial charge on any atom is 0.412 e. The van der Waals surface area contributed by atoms with E-state index >= 15 is 0 Å². The van der Waals surface area contributed by atoms with Crippen LogP contribution in [0.25, 0.3) is 0 Å². The van der Waals surface area contributed by atoms with Crippen molar-refractivity contribution >= 4 is 0 Å².